The molecular weight excluding hydrogens is 378 g/mol. The number of fused-ring (bicyclic) bond motifs is 2. The van der Waals surface area contributed by atoms with E-state index in [4.69, 9.17) is 0 Å². The van der Waals surface area contributed by atoms with Gasteiger partial charge in [0, 0.05) is 25.3 Å². The van der Waals surface area contributed by atoms with Gasteiger partial charge in [0.05, 0.1) is 11.8 Å². The quantitative estimate of drug-likeness (QED) is 0.770. The van der Waals surface area contributed by atoms with Gasteiger partial charge in [-0.25, -0.2) is 0 Å². The van der Waals surface area contributed by atoms with E-state index in [0.29, 0.717) is 38.2 Å². The molecule has 1 spiro atoms. The van der Waals surface area contributed by atoms with Gasteiger partial charge in [-0.15, -0.1) is 0 Å². The van der Waals surface area contributed by atoms with Crippen LogP contribution in [0.3, 0.4) is 0 Å². The fourth-order valence-corrected chi connectivity index (χ4v) is 4.48. The Morgan fingerprint density at radius 3 is 2.67 bits per heavy atom. The highest BCUT2D eigenvalue weighted by atomic mass is 16.2. The highest BCUT2D eigenvalue weighted by Gasteiger charge is 2.46. The normalized spacial score (nSPS) is 17.1. The Morgan fingerprint density at radius 2 is 1.90 bits per heavy atom. The van der Waals surface area contributed by atoms with Crippen molar-refractivity contribution in [2.45, 2.75) is 31.2 Å². The van der Waals surface area contributed by atoms with Gasteiger partial charge in [-0.3, -0.25) is 14.4 Å². The molecule has 6 nitrogen and oxygen atoms in total. The fourth-order valence-electron chi connectivity index (χ4n) is 4.48. The van der Waals surface area contributed by atoms with E-state index in [0.717, 1.165) is 16.7 Å². The van der Waals surface area contributed by atoms with Crippen LogP contribution in [0.15, 0.2) is 61.2 Å². The average molecular weight is 403 g/mol. The minimum atomic E-state index is -0.541. The monoisotopic (exact) mass is 403 g/mol. The van der Waals surface area contributed by atoms with Gasteiger partial charge in [-0.2, -0.15) is 0 Å². The first-order valence-corrected chi connectivity index (χ1v) is 10.2. The standard InChI is InChI=1S/C24H25N3O3/c1-2-21(28)26-19-8-5-6-17(14-19)15-22(29)27-12-10-24(11-13-27)20-9-4-3-7-18(20)16-25-23(24)30/h2-9,14H,1,10-13,15-16H2,(H,25,30)(H,26,28). The number of nitrogens with zero attached hydrogens (tertiary/aromatic N) is 1. The molecule has 6 heteroatoms. The van der Waals surface area contributed by atoms with Crippen molar-refractivity contribution in [3.05, 3.63) is 77.9 Å². The van der Waals surface area contributed by atoms with Crippen molar-refractivity contribution in [2.24, 2.45) is 0 Å². The highest BCUT2D eigenvalue weighted by molar-refractivity contribution is 5.99. The number of likely N-dealkylation sites (tertiary alicyclic amines) is 1. The average Bonchev–Trinajstić information content (AvgIpc) is 2.77. The molecule has 0 bridgehead atoms. The minimum Gasteiger partial charge on any atom is -0.351 e. The van der Waals surface area contributed by atoms with Crippen molar-refractivity contribution >= 4 is 23.4 Å². The molecule has 1 saturated heterocycles. The lowest BCUT2D eigenvalue weighted by Gasteiger charge is -2.44. The van der Waals surface area contributed by atoms with Crippen LogP contribution < -0.4 is 10.6 Å². The Morgan fingerprint density at radius 1 is 1.13 bits per heavy atom. The molecule has 0 saturated carbocycles. The van der Waals surface area contributed by atoms with Gasteiger partial charge in [0.25, 0.3) is 0 Å². The van der Waals surface area contributed by atoms with Crippen LogP contribution in [-0.4, -0.2) is 35.7 Å². The van der Waals surface area contributed by atoms with Gasteiger partial charge in [-0.05, 0) is 47.7 Å². The maximum Gasteiger partial charge on any atom is 0.247 e. The van der Waals surface area contributed by atoms with Gasteiger partial charge in [0.2, 0.25) is 17.7 Å². The summed E-state index contributed by atoms with van der Waals surface area (Å²) in [7, 11) is 0. The van der Waals surface area contributed by atoms with Crippen molar-refractivity contribution in [2.75, 3.05) is 18.4 Å². The molecule has 2 heterocycles. The van der Waals surface area contributed by atoms with Crippen LogP contribution in [0.25, 0.3) is 0 Å². The molecule has 154 valence electrons. The van der Waals surface area contributed by atoms with Crippen LogP contribution in [0, 0.1) is 0 Å². The largest absolute Gasteiger partial charge is 0.351 e. The number of carbonyl (C=O) groups excluding carboxylic acids is 3. The summed E-state index contributed by atoms with van der Waals surface area (Å²) in [5.74, 6) is -0.189. The number of carbonyl (C=O) groups is 3. The Kier molecular flexibility index (Phi) is 5.40. The Balaban J connectivity index is 1.43. The fraction of sp³-hybridized carbons (Fsp3) is 0.292. The molecule has 3 amide bonds. The second-order valence-corrected chi connectivity index (χ2v) is 7.87. The van der Waals surface area contributed by atoms with E-state index in [-0.39, 0.29) is 24.1 Å². The van der Waals surface area contributed by atoms with Crippen LogP contribution in [0.5, 0.6) is 0 Å². The summed E-state index contributed by atoms with van der Waals surface area (Å²) in [5.41, 5.74) is 3.20. The molecule has 30 heavy (non-hydrogen) atoms. The number of benzene rings is 2. The SMILES string of the molecule is C=CC(=O)Nc1cccc(CC(=O)N2CCC3(CC2)C(=O)NCc2ccccc23)c1. The molecule has 0 atom stereocenters. The molecule has 2 aromatic carbocycles. The Labute approximate surface area is 176 Å². The number of amides is 3. The molecule has 0 unspecified atom stereocenters. The van der Waals surface area contributed by atoms with E-state index < -0.39 is 5.41 Å². The van der Waals surface area contributed by atoms with Crippen molar-refractivity contribution < 1.29 is 14.4 Å². The zero-order valence-corrected chi connectivity index (χ0v) is 16.8. The molecule has 2 aliphatic rings. The van der Waals surface area contributed by atoms with Crippen LogP contribution in [0.4, 0.5) is 5.69 Å². The van der Waals surface area contributed by atoms with Crippen molar-refractivity contribution in [1.82, 2.24) is 10.2 Å². The number of piperidine rings is 1. The lowest BCUT2D eigenvalue weighted by Crippen LogP contribution is -2.55. The number of anilines is 1. The maximum atomic E-state index is 12.9. The first-order valence-electron chi connectivity index (χ1n) is 10.2. The molecule has 1 fully saturated rings. The molecule has 2 N–H and O–H groups in total. The van der Waals surface area contributed by atoms with Gasteiger partial charge >= 0.3 is 0 Å². The third kappa shape index (κ3) is 3.73. The van der Waals surface area contributed by atoms with Crippen molar-refractivity contribution in [3.8, 4) is 0 Å². The predicted octanol–water partition coefficient (Wildman–Crippen LogP) is 2.54. The van der Waals surface area contributed by atoms with E-state index >= 15 is 0 Å². The first kappa shape index (κ1) is 19.9. The van der Waals surface area contributed by atoms with Crippen molar-refractivity contribution in [1.29, 1.82) is 0 Å². The van der Waals surface area contributed by atoms with E-state index in [1.807, 2.05) is 29.2 Å². The third-order valence-electron chi connectivity index (χ3n) is 6.11. The highest BCUT2D eigenvalue weighted by Crippen LogP contribution is 2.40. The maximum absolute atomic E-state index is 12.9. The summed E-state index contributed by atoms with van der Waals surface area (Å²) in [5, 5.41) is 5.74. The molecule has 2 aliphatic heterocycles. The molecule has 4 rings (SSSR count). The minimum absolute atomic E-state index is 0.0292. The molecule has 0 aromatic heterocycles. The van der Waals surface area contributed by atoms with E-state index in [1.54, 1.807) is 12.1 Å². The topological polar surface area (TPSA) is 78.5 Å². The zero-order chi connectivity index (χ0) is 21.1. The van der Waals surface area contributed by atoms with Gasteiger partial charge in [0.1, 0.15) is 0 Å². The van der Waals surface area contributed by atoms with Crippen LogP contribution in [-0.2, 0) is 32.8 Å². The van der Waals surface area contributed by atoms with Crippen LogP contribution in [0.1, 0.15) is 29.5 Å². The zero-order valence-electron chi connectivity index (χ0n) is 16.8. The molecule has 0 radical (unpaired) electrons. The van der Waals surface area contributed by atoms with Gasteiger partial charge in [0.15, 0.2) is 0 Å². The summed E-state index contributed by atoms with van der Waals surface area (Å²) < 4.78 is 0. The van der Waals surface area contributed by atoms with Crippen LogP contribution >= 0.6 is 0 Å². The Bertz CT molecular complexity index is 1010. The van der Waals surface area contributed by atoms with E-state index in [9.17, 15) is 14.4 Å². The Hall–Kier alpha value is -3.41. The number of rotatable bonds is 4. The lowest BCUT2D eigenvalue weighted by atomic mass is 9.68. The lowest BCUT2D eigenvalue weighted by molar-refractivity contribution is -0.137. The third-order valence-corrected chi connectivity index (χ3v) is 6.11. The van der Waals surface area contributed by atoms with E-state index in [1.165, 1.54) is 6.08 Å². The number of hydrogen-bond donors (Lipinski definition) is 2. The van der Waals surface area contributed by atoms with Gasteiger partial charge < -0.3 is 15.5 Å². The summed E-state index contributed by atoms with van der Waals surface area (Å²) in [4.78, 5) is 39.0. The second kappa shape index (κ2) is 8.14. The molecule has 2 aromatic rings. The van der Waals surface area contributed by atoms with Gasteiger partial charge in [-0.1, -0.05) is 43.0 Å². The summed E-state index contributed by atoms with van der Waals surface area (Å²) >= 11 is 0. The summed E-state index contributed by atoms with van der Waals surface area (Å²) in [6.07, 6.45) is 2.71. The first-order chi connectivity index (χ1) is 14.5. The smallest absolute Gasteiger partial charge is 0.247 e. The van der Waals surface area contributed by atoms with E-state index in [2.05, 4.69) is 29.3 Å². The summed E-state index contributed by atoms with van der Waals surface area (Å²) in [6, 6.07) is 15.4. The summed E-state index contributed by atoms with van der Waals surface area (Å²) in [6.45, 7) is 5.11. The number of hydrogen-bond acceptors (Lipinski definition) is 3. The molecule has 0 aliphatic carbocycles. The molecular formula is C24H25N3O3. The second-order valence-electron chi connectivity index (χ2n) is 7.87. The predicted molar refractivity (Wildman–Crippen MR) is 115 cm³/mol. The number of nitrogens with one attached hydrogen (secondary N) is 2. The van der Waals surface area contributed by atoms with Crippen LogP contribution in [0.2, 0.25) is 0 Å². The van der Waals surface area contributed by atoms with Crippen molar-refractivity contribution in [3.63, 3.8) is 0 Å².